The third-order valence-corrected chi connectivity index (χ3v) is 12.6. The van der Waals surface area contributed by atoms with E-state index in [0.29, 0.717) is 35.8 Å². The van der Waals surface area contributed by atoms with Gasteiger partial charge in [0.15, 0.2) is 0 Å². The van der Waals surface area contributed by atoms with Gasteiger partial charge in [0.1, 0.15) is 5.75 Å². The minimum absolute atomic E-state index is 0.0165. The molecule has 0 aromatic heterocycles. The van der Waals surface area contributed by atoms with Crippen LogP contribution in [0.1, 0.15) is 114 Å². The highest BCUT2D eigenvalue weighted by atomic mass is 32.3. The number of rotatable bonds is 16. The summed E-state index contributed by atoms with van der Waals surface area (Å²) in [5.41, 5.74) is 2.10. The van der Waals surface area contributed by atoms with Crippen molar-refractivity contribution in [3.05, 3.63) is 29.3 Å². The Morgan fingerprint density at radius 3 is 2.27 bits per heavy atom. The van der Waals surface area contributed by atoms with Crippen LogP contribution in [-0.4, -0.2) is 47.4 Å². The molecule has 5 nitrogen and oxygen atoms in total. The lowest BCUT2D eigenvalue weighted by Crippen LogP contribution is -2.47. The maximum absolute atomic E-state index is 13.2. The van der Waals surface area contributed by atoms with E-state index in [1.807, 2.05) is 6.07 Å². The molecule has 4 rings (SSSR count). The van der Waals surface area contributed by atoms with Gasteiger partial charge in [0.05, 0.1) is 6.10 Å². The molecule has 2 fully saturated rings. The van der Waals surface area contributed by atoms with E-state index >= 15 is 0 Å². The van der Waals surface area contributed by atoms with Gasteiger partial charge in [-0.15, -0.1) is 0 Å². The molecule has 0 amide bonds. The zero-order chi connectivity index (χ0) is 33.0. The lowest BCUT2D eigenvalue weighted by Gasteiger charge is -2.53. The highest BCUT2D eigenvalue weighted by Crippen LogP contribution is 2.62. The Kier molecular flexibility index (Phi) is 12.0. The van der Waals surface area contributed by atoms with Gasteiger partial charge in [0, 0.05) is 28.7 Å². The van der Waals surface area contributed by atoms with E-state index in [-0.39, 0.29) is 23.0 Å². The lowest BCUT2D eigenvalue weighted by atomic mass is 9.52. The summed E-state index contributed by atoms with van der Waals surface area (Å²) in [4.78, 5) is 0. The third kappa shape index (κ3) is 9.18. The van der Waals surface area contributed by atoms with E-state index in [1.54, 1.807) is 6.07 Å². The molecule has 3 aliphatic carbocycles. The van der Waals surface area contributed by atoms with Crippen LogP contribution in [0.15, 0.2) is 18.2 Å². The highest BCUT2D eigenvalue weighted by Gasteiger charge is 2.57. The van der Waals surface area contributed by atoms with Crippen LogP contribution >= 0.6 is 0 Å². The molecule has 0 aliphatic heterocycles. The Hall–Kier alpha value is -1.34. The average molecular weight is 689 g/mol. The normalized spacial score (nSPS) is 29.1. The fourth-order valence-electron chi connectivity index (χ4n) is 8.44. The standard InChI is InChI=1S/C32H46F6O5S2/c1-30-17-15-26-25-12-11-24(43-45(38,41)42)21-23(25)20-22(29(26)27(30)13-14-28(30)39)10-7-5-3-2-4-6-8-18-44(40)19-9-16-31(33,34)32(35,36)37/h11-12,21-22,26-29,39H,2-10,13-20H2,1H3/t22-,26-,27+,28?,29?,30-,44?/m1/s1. The van der Waals surface area contributed by atoms with E-state index in [4.69, 9.17) is 0 Å². The molecular weight excluding hydrogens is 642 g/mol. The first-order chi connectivity index (χ1) is 21.0. The number of aliphatic hydroxyl groups excluding tert-OH is 1. The van der Waals surface area contributed by atoms with E-state index in [2.05, 4.69) is 11.1 Å². The van der Waals surface area contributed by atoms with E-state index in [0.717, 1.165) is 82.6 Å². The van der Waals surface area contributed by atoms with Gasteiger partial charge >= 0.3 is 22.6 Å². The Bertz CT molecular complexity index is 1270. The smallest absolute Gasteiger partial charge is 0.393 e. The van der Waals surface area contributed by atoms with Crippen LogP contribution < -0.4 is 4.18 Å². The average Bonchev–Trinajstić information content (AvgIpc) is 3.24. The molecule has 1 N–H and O–H groups in total. The molecule has 258 valence electrons. The number of alkyl halides is 5. The van der Waals surface area contributed by atoms with Gasteiger partial charge in [-0.1, -0.05) is 55.4 Å². The van der Waals surface area contributed by atoms with Crippen LogP contribution in [0, 0.1) is 23.2 Å². The predicted molar refractivity (Wildman–Crippen MR) is 162 cm³/mol. The van der Waals surface area contributed by atoms with E-state index < -0.39 is 46.2 Å². The van der Waals surface area contributed by atoms with Gasteiger partial charge in [-0.2, -0.15) is 30.4 Å². The van der Waals surface area contributed by atoms with Gasteiger partial charge < -0.3 is 9.29 Å². The summed E-state index contributed by atoms with van der Waals surface area (Å²) < 4.78 is 115. The van der Waals surface area contributed by atoms with Crippen LogP contribution in [0.3, 0.4) is 0 Å². The van der Waals surface area contributed by atoms with Gasteiger partial charge in [0.25, 0.3) is 0 Å². The minimum atomic E-state index is -5.57. The van der Waals surface area contributed by atoms with Crippen molar-refractivity contribution < 1.29 is 47.8 Å². The second kappa shape index (κ2) is 14.8. The van der Waals surface area contributed by atoms with Crippen molar-refractivity contribution in [2.75, 3.05) is 11.5 Å². The zero-order valence-corrected chi connectivity index (χ0v) is 27.4. The molecule has 0 spiro atoms. The van der Waals surface area contributed by atoms with Gasteiger partial charge in [0.2, 0.25) is 0 Å². The van der Waals surface area contributed by atoms with Crippen LogP contribution in [0.2, 0.25) is 0 Å². The second-order valence-corrected chi connectivity index (χ2v) is 16.3. The van der Waals surface area contributed by atoms with E-state index in [1.165, 1.54) is 11.6 Å². The Labute approximate surface area is 265 Å². The Balaban J connectivity index is 1.22. The van der Waals surface area contributed by atoms with Crippen molar-refractivity contribution in [1.29, 1.82) is 0 Å². The largest absolute Gasteiger partial charge is 0.488 e. The number of hydrogen-bond donors (Lipinski definition) is 1. The predicted octanol–water partition coefficient (Wildman–Crippen LogP) is 8.57. The monoisotopic (exact) mass is 688 g/mol. The Morgan fingerprint density at radius 1 is 0.956 bits per heavy atom. The van der Waals surface area contributed by atoms with Gasteiger partial charge in [-0.3, -0.25) is 4.21 Å². The third-order valence-electron chi connectivity index (χ3n) is 10.7. The first-order valence-corrected chi connectivity index (χ1v) is 19.1. The quantitative estimate of drug-likeness (QED) is 0.107. The van der Waals surface area contributed by atoms with Crippen LogP contribution in [0.5, 0.6) is 5.75 Å². The first kappa shape index (κ1) is 36.5. The molecule has 3 unspecified atom stereocenters. The van der Waals surface area contributed by atoms with Gasteiger partial charge in [-0.25, -0.2) is 0 Å². The molecule has 0 radical (unpaired) electrons. The fraction of sp³-hybridized carbons (Fsp3) is 0.812. The number of unbranched alkanes of at least 4 members (excludes halogenated alkanes) is 6. The summed E-state index contributed by atoms with van der Waals surface area (Å²) in [7, 11) is -6.52. The number of fused-ring (bicyclic) bond motifs is 5. The number of hydrogen-bond acceptors (Lipinski definition) is 5. The summed E-state index contributed by atoms with van der Waals surface area (Å²) in [6.45, 7) is 2.23. The van der Waals surface area contributed by atoms with Crippen molar-refractivity contribution in [3.8, 4) is 5.75 Å². The summed E-state index contributed by atoms with van der Waals surface area (Å²) in [6, 6.07) is 5.08. The van der Waals surface area contributed by atoms with Crippen LogP contribution in [-0.2, 0) is 27.7 Å². The second-order valence-electron chi connectivity index (χ2n) is 13.6. The molecule has 13 heteroatoms. The topological polar surface area (TPSA) is 80.7 Å². The molecule has 2 saturated carbocycles. The lowest BCUT2D eigenvalue weighted by molar-refractivity contribution is -0.284. The molecule has 3 aliphatic rings. The zero-order valence-electron chi connectivity index (χ0n) is 25.8. The molecular formula is C32H46F6O5S2. The molecule has 45 heavy (non-hydrogen) atoms. The van der Waals surface area contributed by atoms with Gasteiger partial charge in [-0.05, 0) is 104 Å². The molecule has 0 saturated heterocycles. The molecule has 0 heterocycles. The maximum Gasteiger partial charge on any atom is 0.488 e. The van der Waals surface area contributed by atoms with Crippen molar-refractivity contribution in [2.45, 2.75) is 127 Å². The highest BCUT2D eigenvalue weighted by molar-refractivity contribution is 7.84. The minimum Gasteiger partial charge on any atom is -0.393 e. The first-order valence-electron chi connectivity index (χ1n) is 16.3. The number of benzene rings is 1. The molecule has 1 aromatic rings. The van der Waals surface area contributed by atoms with Crippen molar-refractivity contribution >= 4 is 21.3 Å². The SMILES string of the molecule is C[C@@]12CC[C@@H]3c4ccc(OS(=O)(=O)F)cc4C[C@@H](CCCCCCCCCS(=O)CCCC(F)(F)C(F)(F)F)C3[C@@H]1CCC2O. The van der Waals surface area contributed by atoms with Crippen molar-refractivity contribution in [2.24, 2.45) is 23.2 Å². The van der Waals surface area contributed by atoms with Crippen molar-refractivity contribution in [1.82, 2.24) is 0 Å². The Morgan fingerprint density at radius 2 is 1.60 bits per heavy atom. The maximum atomic E-state index is 13.2. The van der Waals surface area contributed by atoms with Crippen LogP contribution in [0.4, 0.5) is 25.8 Å². The van der Waals surface area contributed by atoms with Crippen LogP contribution in [0.25, 0.3) is 0 Å². The molecule has 1 aromatic carbocycles. The van der Waals surface area contributed by atoms with Crippen molar-refractivity contribution in [3.63, 3.8) is 0 Å². The number of halogens is 6. The molecule has 7 atom stereocenters. The summed E-state index contributed by atoms with van der Waals surface area (Å²) in [6.07, 6.45) is 4.31. The fourth-order valence-corrected chi connectivity index (χ4v) is 9.97. The summed E-state index contributed by atoms with van der Waals surface area (Å²) in [5, 5.41) is 10.9. The summed E-state index contributed by atoms with van der Waals surface area (Å²) >= 11 is 0. The summed E-state index contributed by atoms with van der Waals surface area (Å²) in [5.74, 6) is -3.09. The van der Waals surface area contributed by atoms with E-state index in [9.17, 15) is 43.6 Å². The number of aliphatic hydroxyl groups is 1. The molecule has 0 bridgehead atoms.